The van der Waals surface area contributed by atoms with Gasteiger partial charge in [-0.1, -0.05) is 0 Å². The zero-order valence-electron chi connectivity index (χ0n) is 17.8. The number of amides is 1. The van der Waals surface area contributed by atoms with E-state index in [0.29, 0.717) is 17.3 Å². The predicted octanol–water partition coefficient (Wildman–Crippen LogP) is 3.08. The zero-order valence-corrected chi connectivity index (χ0v) is 17.8. The van der Waals surface area contributed by atoms with Gasteiger partial charge in [0.25, 0.3) is 5.91 Å². The van der Waals surface area contributed by atoms with Gasteiger partial charge in [0.05, 0.1) is 0 Å². The van der Waals surface area contributed by atoms with Crippen molar-refractivity contribution in [3.8, 4) is 17.2 Å². The molecule has 1 aromatic carbocycles. The number of anilines is 3. The van der Waals surface area contributed by atoms with E-state index in [4.69, 9.17) is 4.74 Å². The average molecular weight is 459 g/mol. The Bertz CT molecular complexity index is 1200. The maximum Gasteiger partial charge on any atom is 0.586 e. The van der Waals surface area contributed by atoms with Gasteiger partial charge in [-0.25, -0.2) is 9.98 Å². The Labute approximate surface area is 186 Å². The molecule has 2 aliphatic rings. The van der Waals surface area contributed by atoms with Gasteiger partial charge in [-0.05, 0) is 44.8 Å². The molecule has 11 nitrogen and oxygen atoms in total. The van der Waals surface area contributed by atoms with Crippen LogP contribution in [0, 0.1) is 0 Å². The van der Waals surface area contributed by atoms with Crippen LogP contribution < -0.4 is 30.2 Å². The first kappa shape index (κ1) is 21.9. The van der Waals surface area contributed by atoms with Gasteiger partial charge >= 0.3 is 6.29 Å². The molecular weight excluding hydrogens is 440 g/mol. The van der Waals surface area contributed by atoms with Crippen molar-refractivity contribution in [3.63, 3.8) is 0 Å². The molecule has 3 N–H and O–H groups in total. The summed E-state index contributed by atoms with van der Waals surface area (Å²) < 4.78 is 40.9. The number of ether oxygens (including phenoxy) is 3. The van der Waals surface area contributed by atoms with Crippen molar-refractivity contribution in [1.82, 2.24) is 4.98 Å². The maximum absolute atomic E-state index is 13.2. The highest BCUT2D eigenvalue weighted by Gasteiger charge is 2.43. The summed E-state index contributed by atoms with van der Waals surface area (Å²) in [6.45, 7) is 6.74. The largest absolute Gasteiger partial charge is 0.586 e. The van der Waals surface area contributed by atoms with E-state index in [1.807, 2.05) is 0 Å². The minimum atomic E-state index is -3.72. The van der Waals surface area contributed by atoms with Gasteiger partial charge in [0, 0.05) is 18.8 Å². The number of nitrogens with one attached hydrogen (secondary N) is 3. The van der Waals surface area contributed by atoms with Gasteiger partial charge in [-0.15, -0.1) is 8.78 Å². The molecule has 0 aliphatic carbocycles. The number of nitrogens with zero attached hydrogens (tertiary/aromatic N) is 4. The Morgan fingerprint density at radius 2 is 1.79 bits per heavy atom. The van der Waals surface area contributed by atoms with E-state index < -0.39 is 11.9 Å². The van der Waals surface area contributed by atoms with Gasteiger partial charge in [-0.2, -0.15) is 4.99 Å². The third-order valence-corrected chi connectivity index (χ3v) is 4.47. The number of aliphatic imine (C=N–C) groups is 3. The third kappa shape index (κ3) is 4.66. The number of pyridine rings is 1. The van der Waals surface area contributed by atoms with Crippen LogP contribution >= 0.6 is 0 Å². The minimum absolute atomic E-state index is 0.0186. The van der Waals surface area contributed by atoms with Crippen molar-refractivity contribution < 1.29 is 27.8 Å². The Morgan fingerprint density at radius 3 is 2.52 bits per heavy atom. The van der Waals surface area contributed by atoms with Gasteiger partial charge in [0.15, 0.2) is 28.7 Å². The van der Waals surface area contributed by atoms with Crippen LogP contribution in [0.1, 0.15) is 13.8 Å². The predicted molar refractivity (Wildman–Crippen MR) is 118 cm³/mol. The highest BCUT2D eigenvalue weighted by atomic mass is 19.3. The topological polar surface area (TPSA) is 131 Å². The molecule has 0 spiro atoms. The standard InChI is InChI=1S/C20H19F2N7O4/c1-19(2)16(30)28-15-12(31-19)7-8-14(26-15)27-18(24-4)29-17(23-3)25-10-5-6-11-13(9-10)33-20(21,22)32-11/h5-9H,3H2,1-2,4H3,(H3,24,25,26,27,28,29,30). The molecule has 3 heterocycles. The van der Waals surface area contributed by atoms with Gasteiger partial charge in [0.1, 0.15) is 5.82 Å². The maximum atomic E-state index is 13.2. The van der Waals surface area contributed by atoms with E-state index in [1.54, 1.807) is 26.0 Å². The Balaban J connectivity index is 1.49. The van der Waals surface area contributed by atoms with Crippen molar-refractivity contribution in [3.05, 3.63) is 30.3 Å². The van der Waals surface area contributed by atoms with Gasteiger partial charge in [-0.3, -0.25) is 9.79 Å². The second kappa shape index (κ2) is 8.00. The van der Waals surface area contributed by atoms with E-state index in [-0.39, 0.29) is 35.1 Å². The molecule has 4 rings (SSSR count). The van der Waals surface area contributed by atoms with Crippen molar-refractivity contribution in [1.29, 1.82) is 0 Å². The number of benzene rings is 1. The molecule has 0 saturated carbocycles. The molecule has 0 unspecified atom stereocenters. The fourth-order valence-electron chi connectivity index (χ4n) is 2.87. The van der Waals surface area contributed by atoms with Crippen molar-refractivity contribution in [2.75, 3.05) is 23.0 Å². The average Bonchev–Trinajstić information content (AvgIpc) is 3.06. The van der Waals surface area contributed by atoms with Crippen molar-refractivity contribution in [2.45, 2.75) is 25.7 Å². The molecule has 0 fully saturated rings. The summed E-state index contributed by atoms with van der Waals surface area (Å²) in [5, 5.41) is 8.40. The number of aromatic nitrogens is 1. The van der Waals surface area contributed by atoms with Gasteiger partial charge in [0.2, 0.25) is 11.9 Å². The highest BCUT2D eigenvalue weighted by molar-refractivity contribution is 6.07. The summed E-state index contributed by atoms with van der Waals surface area (Å²) in [6.07, 6.45) is -3.72. The molecule has 172 valence electrons. The molecule has 0 saturated heterocycles. The number of hydrogen-bond donors (Lipinski definition) is 3. The van der Waals surface area contributed by atoms with E-state index >= 15 is 0 Å². The number of hydrogen-bond acceptors (Lipinski definition) is 6. The molecular formula is C20H19F2N7O4. The summed E-state index contributed by atoms with van der Waals surface area (Å²) in [5.74, 6) is 0.570. The molecule has 13 heteroatoms. The molecule has 1 amide bonds. The summed E-state index contributed by atoms with van der Waals surface area (Å²) in [4.78, 5) is 28.4. The first-order chi connectivity index (χ1) is 15.6. The second-order valence-electron chi connectivity index (χ2n) is 7.33. The zero-order chi connectivity index (χ0) is 23.8. The number of carbonyl (C=O) groups is 1. The lowest BCUT2D eigenvalue weighted by Crippen LogP contribution is -2.46. The van der Waals surface area contributed by atoms with Crippen LogP contribution in [0.5, 0.6) is 17.2 Å². The van der Waals surface area contributed by atoms with E-state index in [9.17, 15) is 13.6 Å². The second-order valence-corrected chi connectivity index (χ2v) is 7.33. The molecule has 0 radical (unpaired) electrons. The van der Waals surface area contributed by atoms with Crippen LogP contribution in [0.4, 0.5) is 26.1 Å². The Morgan fingerprint density at radius 1 is 1.06 bits per heavy atom. The van der Waals surface area contributed by atoms with E-state index in [1.165, 1.54) is 25.2 Å². The fraction of sp³-hybridized carbons (Fsp3) is 0.250. The number of fused-ring (bicyclic) bond motifs is 2. The first-order valence-corrected chi connectivity index (χ1v) is 9.56. The van der Waals surface area contributed by atoms with Crippen molar-refractivity contribution in [2.24, 2.45) is 15.0 Å². The number of halogens is 2. The van der Waals surface area contributed by atoms with Crippen LogP contribution in [0.3, 0.4) is 0 Å². The lowest BCUT2D eigenvalue weighted by Gasteiger charge is -2.30. The summed E-state index contributed by atoms with van der Waals surface area (Å²) in [7, 11) is 1.49. The first-order valence-electron chi connectivity index (χ1n) is 9.56. The van der Waals surface area contributed by atoms with Crippen molar-refractivity contribution >= 4 is 41.9 Å². The SMILES string of the molecule is C=NC(=NC(=NC)Nc1ccc2c(n1)NC(=O)C(C)(C)O2)Nc1ccc2c(c1)OC(F)(F)O2. The molecule has 2 aliphatic heterocycles. The lowest BCUT2D eigenvalue weighted by atomic mass is 10.1. The number of rotatable bonds is 2. The number of carbonyl (C=O) groups excluding carboxylic acids is 1. The number of alkyl halides is 2. The molecule has 0 atom stereocenters. The fourth-order valence-corrected chi connectivity index (χ4v) is 2.87. The Hall–Kier alpha value is -4.29. The molecule has 0 bridgehead atoms. The molecule has 2 aromatic rings. The lowest BCUT2D eigenvalue weighted by molar-refractivity contribution is -0.286. The molecule has 1 aromatic heterocycles. The normalized spacial score (nSPS) is 18.0. The molecule has 33 heavy (non-hydrogen) atoms. The van der Waals surface area contributed by atoms with Crippen LogP contribution in [0.15, 0.2) is 45.3 Å². The van der Waals surface area contributed by atoms with Crippen LogP contribution in [0.25, 0.3) is 0 Å². The van der Waals surface area contributed by atoms with Crippen LogP contribution in [0.2, 0.25) is 0 Å². The summed E-state index contributed by atoms with van der Waals surface area (Å²) >= 11 is 0. The summed E-state index contributed by atoms with van der Waals surface area (Å²) in [6, 6.07) is 7.38. The minimum Gasteiger partial charge on any atom is -0.474 e. The number of guanidine groups is 2. The smallest absolute Gasteiger partial charge is 0.474 e. The summed E-state index contributed by atoms with van der Waals surface area (Å²) in [5.41, 5.74) is -0.656. The van der Waals surface area contributed by atoms with Gasteiger partial charge < -0.3 is 30.2 Å². The Kier molecular flexibility index (Phi) is 5.31. The van der Waals surface area contributed by atoms with E-state index in [0.717, 1.165) is 0 Å². The monoisotopic (exact) mass is 459 g/mol. The van der Waals surface area contributed by atoms with E-state index in [2.05, 4.69) is 52.1 Å². The van der Waals surface area contributed by atoms with Crippen LogP contribution in [-0.4, -0.2) is 48.5 Å². The van der Waals surface area contributed by atoms with Crippen LogP contribution in [-0.2, 0) is 4.79 Å². The third-order valence-electron chi connectivity index (χ3n) is 4.47. The highest BCUT2D eigenvalue weighted by Crippen LogP contribution is 2.42. The quantitative estimate of drug-likeness (QED) is 0.465.